The van der Waals surface area contributed by atoms with Crippen molar-refractivity contribution in [2.45, 2.75) is 39.3 Å². The lowest BCUT2D eigenvalue weighted by molar-refractivity contribution is 0.171. The van der Waals surface area contributed by atoms with Gasteiger partial charge < -0.3 is 0 Å². The maximum Gasteiger partial charge on any atom is 0.0402 e. The molecular weight excluding hydrogens is 218 g/mol. The van der Waals surface area contributed by atoms with E-state index in [0.29, 0.717) is 5.88 Å². The molecule has 0 N–H and O–H groups in total. The highest BCUT2D eigenvalue weighted by Gasteiger charge is 2.21. The average molecular weight is 240 g/mol. The summed E-state index contributed by atoms with van der Waals surface area (Å²) in [6.07, 6.45) is 1.10. The first-order chi connectivity index (χ1) is 7.49. The Balaban J connectivity index is 2.66. The van der Waals surface area contributed by atoms with Crippen LogP contribution in [0.3, 0.4) is 0 Å². The molecule has 1 nitrogen and oxygen atoms in total. The number of alkyl halides is 1. The first-order valence-electron chi connectivity index (χ1n) is 5.84. The van der Waals surface area contributed by atoms with Gasteiger partial charge in [-0.25, -0.2) is 0 Å². The molecule has 0 aromatic heterocycles. The van der Waals surface area contributed by atoms with Crippen molar-refractivity contribution in [3.8, 4) is 0 Å². The van der Waals surface area contributed by atoms with Crippen molar-refractivity contribution in [1.82, 2.24) is 4.90 Å². The second-order valence-corrected chi connectivity index (χ2v) is 5.24. The van der Waals surface area contributed by atoms with E-state index in [0.717, 1.165) is 13.0 Å². The molecule has 16 heavy (non-hydrogen) atoms. The van der Waals surface area contributed by atoms with Crippen LogP contribution in [-0.2, 0) is 13.0 Å². The lowest BCUT2D eigenvalue weighted by atomic mass is 10.0. The molecule has 0 aliphatic carbocycles. The van der Waals surface area contributed by atoms with Crippen LogP contribution >= 0.6 is 11.6 Å². The van der Waals surface area contributed by atoms with Gasteiger partial charge in [0, 0.05) is 18.0 Å². The van der Waals surface area contributed by atoms with E-state index in [9.17, 15) is 0 Å². The number of nitrogens with zero attached hydrogens (tertiary/aromatic N) is 1. The van der Waals surface area contributed by atoms with Crippen molar-refractivity contribution in [2.75, 3.05) is 12.9 Å². The molecule has 0 saturated carbocycles. The number of rotatable bonds is 5. The van der Waals surface area contributed by atoms with E-state index in [1.54, 1.807) is 0 Å². The fourth-order valence-electron chi connectivity index (χ4n) is 1.47. The maximum atomic E-state index is 5.96. The first kappa shape index (κ1) is 13.5. The minimum Gasteiger partial charge on any atom is -0.296 e. The van der Waals surface area contributed by atoms with E-state index >= 15 is 0 Å². The van der Waals surface area contributed by atoms with Crippen LogP contribution in [0.1, 0.15) is 31.9 Å². The smallest absolute Gasteiger partial charge is 0.0402 e. The maximum absolute atomic E-state index is 5.96. The molecule has 0 bridgehead atoms. The first-order valence-corrected chi connectivity index (χ1v) is 6.38. The second kappa shape index (κ2) is 5.70. The Hall–Kier alpha value is -0.530. The van der Waals surface area contributed by atoms with Gasteiger partial charge in [-0.3, -0.25) is 4.90 Å². The van der Waals surface area contributed by atoms with Crippen LogP contribution in [0.5, 0.6) is 0 Å². The molecule has 0 amide bonds. The van der Waals surface area contributed by atoms with Crippen LogP contribution in [0.15, 0.2) is 24.3 Å². The number of hydrogen-bond acceptors (Lipinski definition) is 1. The van der Waals surface area contributed by atoms with Crippen LogP contribution in [0.4, 0.5) is 0 Å². The predicted octanol–water partition coefficient (Wildman–Crippen LogP) is 3.70. The summed E-state index contributed by atoms with van der Waals surface area (Å²) < 4.78 is 0. The van der Waals surface area contributed by atoms with E-state index in [1.807, 2.05) is 0 Å². The van der Waals surface area contributed by atoms with Crippen molar-refractivity contribution in [1.29, 1.82) is 0 Å². The van der Waals surface area contributed by atoms with Crippen LogP contribution < -0.4 is 0 Å². The summed E-state index contributed by atoms with van der Waals surface area (Å²) in [5.74, 6) is 0.649. The van der Waals surface area contributed by atoms with Crippen LogP contribution in [0.25, 0.3) is 0 Å². The fraction of sp³-hybridized carbons (Fsp3) is 0.571. The minimum absolute atomic E-state index is 0.0466. The Morgan fingerprint density at radius 2 is 1.62 bits per heavy atom. The monoisotopic (exact) mass is 239 g/mol. The Morgan fingerprint density at radius 1 is 1.12 bits per heavy atom. The molecule has 0 radical (unpaired) electrons. The normalized spacial score (nSPS) is 12.1. The molecule has 0 aliphatic rings. The number of hydrogen-bond donors (Lipinski definition) is 0. The van der Waals surface area contributed by atoms with Crippen molar-refractivity contribution >= 4 is 11.6 Å². The highest BCUT2D eigenvalue weighted by molar-refractivity contribution is 6.18. The van der Waals surface area contributed by atoms with Gasteiger partial charge in [0.2, 0.25) is 0 Å². The number of halogens is 1. The predicted molar refractivity (Wildman–Crippen MR) is 72.1 cm³/mol. The topological polar surface area (TPSA) is 3.24 Å². The third-order valence-corrected chi connectivity index (χ3v) is 3.87. The summed E-state index contributed by atoms with van der Waals surface area (Å²) in [7, 11) is 2.12. The van der Waals surface area contributed by atoms with Crippen molar-refractivity contribution in [3.05, 3.63) is 35.4 Å². The Kier molecular flexibility index (Phi) is 4.82. The van der Waals surface area contributed by atoms with E-state index in [4.69, 9.17) is 11.6 Å². The van der Waals surface area contributed by atoms with Gasteiger partial charge in [0.25, 0.3) is 0 Å². The van der Waals surface area contributed by atoms with E-state index in [1.165, 1.54) is 11.1 Å². The van der Waals surface area contributed by atoms with Crippen molar-refractivity contribution in [3.63, 3.8) is 0 Å². The highest BCUT2D eigenvalue weighted by atomic mass is 35.5. The third-order valence-electron chi connectivity index (χ3n) is 3.21. The number of aryl methyl sites for hydroxylation is 1. The minimum atomic E-state index is 0.0466. The standard InChI is InChI=1S/C14H22ClN/c1-5-12-6-8-13(9-7-12)10-16(4)14(2,3)11-15/h6-9H,5,10-11H2,1-4H3. The van der Waals surface area contributed by atoms with Gasteiger partial charge in [-0.1, -0.05) is 31.2 Å². The lowest BCUT2D eigenvalue weighted by Crippen LogP contribution is -2.42. The van der Waals surface area contributed by atoms with Crippen LogP contribution in [0, 0.1) is 0 Å². The van der Waals surface area contributed by atoms with E-state index in [-0.39, 0.29) is 5.54 Å². The summed E-state index contributed by atoms with van der Waals surface area (Å²) in [4.78, 5) is 2.29. The van der Waals surface area contributed by atoms with Gasteiger partial charge in [-0.15, -0.1) is 11.6 Å². The van der Waals surface area contributed by atoms with Gasteiger partial charge in [0.15, 0.2) is 0 Å². The van der Waals surface area contributed by atoms with Crippen LogP contribution in [0.2, 0.25) is 0 Å². The molecule has 0 atom stereocenters. The quantitative estimate of drug-likeness (QED) is 0.709. The third kappa shape index (κ3) is 3.50. The molecule has 1 aromatic rings. The number of benzene rings is 1. The molecule has 2 heteroatoms. The molecule has 1 aromatic carbocycles. The Morgan fingerprint density at radius 3 is 2.06 bits per heavy atom. The summed E-state index contributed by atoms with van der Waals surface area (Å²) >= 11 is 5.96. The molecule has 0 aliphatic heterocycles. The molecule has 0 heterocycles. The Labute approximate surface area is 104 Å². The van der Waals surface area contributed by atoms with Crippen molar-refractivity contribution in [2.24, 2.45) is 0 Å². The van der Waals surface area contributed by atoms with Gasteiger partial charge >= 0.3 is 0 Å². The molecule has 0 saturated heterocycles. The van der Waals surface area contributed by atoms with Gasteiger partial charge in [-0.2, -0.15) is 0 Å². The fourth-order valence-corrected chi connectivity index (χ4v) is 1.67. The van der Waals surface area contributed by atoms with Gasteiger partial charge in [0.1, 0.15) is 0 Å². The average Bonchev–Trinajstić information content (AvgIpc) is 2.30. The Bertz CT molecular complexity index is 316. The zero-order chi connectivity index (χ0) is 12.2. The van der Waals surface area contributed by atoms with Gasteiger partial charge in [-0.05, 0) is 38.4 Å². The molecule has 0 fully saturated rings. The van der Waals surface area contributed by atoms with E-state index < -0.39 is 0 Å². The summed E-state index contributed by atoms with van der Waals surface area (Å²) in [5.41, 5.74) is 2.78. The van der Waals surface area contributed by atoms with Gasteiger partial charge in [0.05, 0.1) is 0 Å². The summed E-state index contributed by atoms with van der Waals surface area (Å²) in [6.45, 7) is 7.46. The molecule has 0 unspecified atom stereocenters. The SMILES string of the molecule is CCc1ccc(CN(C)C(C)(C)CCl)cc1. The van der Waals surface area contributed by atoms with E-state index in [2.05, 4.69) is 57.0 Å². The lowest BCUT2D eigenvalue weighted by Gasteiger charge is -2.33. The molecular formula is C14H22ClN. The summed E-state index contributed by atoms with van der Waals surface area (Å²) in [6, 6.07) is 8.83. The highest BCUT2D eigenvalue weighted by Crippen LogP contribution is 2.17. The second-order valence-electron chi connectivity index (χ2n) is 4.97. The zero-order valence-corrected chi connectivity index (χ0v) is 11.5. The molecule has 90 valence electrons. The largest absolute Gasteiger partial charge is 0.296 e. The van der Waals surface area contributed by atoms with Crippen LogP contribution in [-0.4, -0.2) is 23.4 Å². The zero-order valence-electron chi connectivity index (χ0n) is 10.8. The molecule has 1 rings (SSSR count). The molecule has 0 spiro atoms. The van der Waals surface area contributed by atoms with Crippen molar-refractivity contribution < 1.29 is 0 Å². The summed E-state index contributed by atoms with van der Waals surface area (Å²) in [5, 5.41) is 0.